The van der Waals surface area contributed by atoms with Crippen LogP contribution in [0, 0.1) is 96.9 Å². The molecule has 0 unspecified atom stereocenters. The standard InChI is InChI=1S/C86H78N6/c1-51-28-52(2)36-68(35-51)87(69-37-53(3)29-54(4)38-69)66-20-22-77-75(49-66)83-79(89(65-18-16-15-17-19-65)72-43-59(9)32-60(10)44-72)24-26-81-85(83)91(77)82-27-25-80(90(73-45-61(11)33-62(12)46-73)74-47-63(13)34-64(14)48-74)84-76-50-67(21-23-78(76)92(81)86(82)84)88(70-39-55(5)30-56(6)40-70)71-41-57(7)31-58(8)42-71/h15-50H,1-14H3. The lowest BCUT2D eigenvalue weighted by Crippen LogP contribution is -2.12. The largest absolute Gasteiger partial charge is 0.310 e. The molecule has 0 aliphatic heterocycles. The van der Waals surface area contributed by atoms with Crippen molar-refractivity contribution in [3.8, 4) is 0 Å². The van der Waals surface area contributed by atoms with Gasteiger partial charge < -0.3 is 28.4 Å². The number of aromatic nitrogens is 2. The predicted molar refractivity (Wildman–Crippen MR) is 395 cm³/mol. The molecule has 92 heavy (non-hydrogen) atoms. The Hall–Kier alpha value is -10.6. The lowest BCUT2D eigenvalue weighted by molar-refractivity contribution is 1.22. The number of anilines is 12. The Morgan fingerprint density at radius 3 is 0.707 bits per heavy atom. The van der Waals surface area contributed by atoms with E-state index in [0.717, 1.165) is 107 Å². The van der Waals surface area contributed by atoms with Gasteiger partial charge in [0.05, 0.1) is 44.5 Å². The molecule has 0 amide bonds. The van der Waals surface area contributed by atoms with Gasteiger partial charge in [-0.1, -0.05) is 60.7 Å². The Kier molecular flexibility index (Phi) is 13.9. The Bertz CT molecular complexity index is 5190. The first kappa shape index (κ1) is 57.9. The molecule has 0 aliphatic rings. The van der Waals surface area contributed by atoms with Gasteiger partial charge in [0.2, 0.25) is 0 Å². The molecule has 0 aliphatic carbocycles. The molecule has 0 N–H and O–H groups in total. The van der Waals surface area contributed by atoms with E-state index in [1.807, 2.05) is 0 Å². The third kappa shape index (κ3) is 9.97. The van der Waals surface area contributed by atoms with Crippen molar-refractivity contribution in [1.82, 2.24) is 8.80 Å². The van der Waals surface area contributed by atoms with Crippen molar-refractivity contribution in [1.29, 1.82) is 0 Å². The number of para-hydroxylation sites is 1. The summed E-state index contributed by atoms with van der Waals surface area (Å²) in [7, 11) is 0. The summed E-state index contributed by atoms with van der Waals surface area (Å²) in [5, 5.41) is 4.68. The lowest BCUT2D eigenvalue weighted by atomic mass is 10.0. The number of benzene rings is 12. The average Bonchev–Trinajstić information content (AvgIpc) is 1.51. The monoisotopic (exact) mass is 1190 g/mol. The van der Waals surface area contributed by atoms with Crippen LogP contribution in [-0.2, 0) is 0 Å². The van der Waals surface area contributed by atoms with Gasteiger partial charge in [0.1, 0.15) is 0 Å². The normalized spacial score (nSPS) is 11.8. The quantitative estimate of drug-likeness (QED) is 0.114. The van der Waals surface area contributed by atoms with Gasteiger partial charge in [0.15, 0.2) is 0 Å². The fourth-order valence-corrected chi connectivity index (χ4v) is 15.6. The molecular formula is C86H78N6. The van der Waals surface area contributed by atoms with Crippen molar-refractivity contribution in [2.75, 3.05) is 19.6 Å². The third-order valence-electron chi connectivity index (χ3n) is 18.4. The molecule has 15 rings (SSSR count). The van der Waals surface area contributed by atoms with Gasteiger partial charge in [-0.3, -0.25) is 0 Å². The predicted octanol–water partition coefficient (Wildman–Crippen LogP) is 24.4. The molecule has 6 nitrogen and oxygen atoms in total. The van der Waals surface area contributed by atoms with E-state index in [2.05, 4.69) is 344 Å². The first-order valence-corrected chi connectivity index (χ1v) is 32.4. The molecule has 0 radical (unpaired) electrons. The van der Waals surface area contributed by atoms with Crippen LogP contribution in [0.15, 0.2) is 218 Å². The molecule has 12 aromatic carbocycles. The second kappa shape index (κ2) is 22.1. The number of nitrogens with zero attached hydrogens (tertiary/aromatic N) is 6. The van der Waals surface area contributed by atoms with Gasteiger partial charge in [-0.2, -0.15) is 0 Å². The van der Waals surface area contributed by atoms with Crippen molar-refractivity contribution in [2.45, 2.75) is 96.9 Å². The first-order chi connectivity index (χ1) is 44.3. The van der Waals surface area contributed by atoms with Crippen LogP contribution < -0.4 is 19.6 Å². The minimum Gasteiger partial charge on any atom is -0.310 e. The number of hydrogen-bond donors (Lipinski definition) is 0. The third-order valence-corrected chi connectivity index (χ3v) is 18.4. The first-order valence-electron chi connectivity index (χ1n) is 32.4. The zero-order chi connectivity index (χ0) is 63.7. The molecule has 3 aromatic heterocycles. The molecular weight excluding hydrogens is 1120 g/mol. The van der Waals surface area contributed by atoms with E-state index < -0.39 is 0 Å². The number of rotatable bonds is 12. The minimum absolute atomic E-state index is 1.09. The van der Waals surface area contributed by atoms with E-state index in [-0.39, 0.29) is 0 Å². The van der Waals surface area contributed by atoms with Crippen molar-refractivity contribution in [3.63, 3.8) is 0 Å². The highest BCUT2D eigenvalue weighted by molar-refractivity contribution is 6.28. The number of fused-ring (bicyclic) bond motifs is 8. The van der Waals surface area contributed by atoms with Crippen LogP contribution in [-0.4, -0.2) is 8.80 Å². The number of aryl methyl sites for hydroxylation is 14. The van der Waals surface area contributed by atoms with E-state index in [9.17, 15) is 0 Å². The zero-order valence-corrected chi connectivity index (χ0v) is 55.5. The molecule has 0 bridgehead atoms. The second-order valence-electron chi connectivity index (χ2n) is 26.8. The van der Waals surface area contributed by atoms with E-state index in [4.69, 9.17) is 0 Å². The molecule has 0 spiro atoms. The van der Waals surface area contributed by atoms with Crippen LogP contribution >= 0.6 is 0 Å². The van der Waals surface area contributed by atoms with E-state index >= 15 is 0 Å². The SMILES string of the molecule is Cc1cc(C)cc(N(c2cc(C)cc(C)c2)c2ccc3c(c2)c2c(N(c4ccccc4)c4cc(C)cc(C)c4)ccc4c2n3c2ccc(N(c3cc(C)cc(C)c3)c3cc(C)cc(C)c3)c3c5cc(N(c6cc(C)cc(C)c6)c6cc(C)cc(C)c6)ccc5n4c32)c1. The summed E-state index contributed by atoms with van der Waals surface area (Å²) >= 11 is 0. The van der Waals surface area contributed by atoms with Crippen LogP contribution in [0.3, 0.4) is 0 Å². The summed E-state index contributed by atoms with van der Waals surface area (Å²) in [6, 6.07) is 83.8. The summed E-state index contributed by atoms with van der Waals surface area (Å²) < 4.78 is 5.22. The van der Waals surface area contributed by atoms with Gasteiger partial charge in [-0.25, -0.2) is 0 Å². The Balaban J connectivity index is 1.13. The van der Waals surface area contributed by atoms with Gasteiger partial charge in [0, 0.05) is 78.4 Å². The highest BCUT2D eigenvalue weighted by Gasteiger charge is 2.30. The number of hydrogen-bond acceptors (Lipinski definition) is 4. The molecule has 15 aromatic rings. The van der Waals surface area contributed by atoms with Crippen molar-refractivity contribution in [3.05, 3.63) is 296 Å². The molecule has 0 saturated carbocycles. The van der Waals surface area contributed by atoms with Crippen molar-refractivity contribution >= 4 is 123 Å². The van der Waals surface area contributed by atoms with Crippen LogP contribution in [0.2, 0.25) is 0 Å². The summed E-state index contributed by atoms with van der Waals surface area (Å²) in [6.07, 6.45) is 0. The van der Waals surface area contributed by atoms with E-state index in [1.54, 1.807) is 0 Å². The van der Waals surface area contributed by atoms with Gasteiger partial charge in [0.25, 0.3) is 0 Å². The smallest absolute Gasteiger partial charge is 0.0804 e. The van der Waals surface area contributed by atoms with Gasteiger partial charge in [-0.05, 0) is 333 Å². The maximum Gasteiger partial charge on any atom is 0.0804 e. The maximum absolute atomic E-state index is 2.61. The Labute approximate surface area is 541 Å². The fraction of sp³-hybridized carbons (Fsp3) is 0.163. The molecule has 0 saturated heterocycles. The molecule has 0 fully saturated rings. The maximum atomic E-state index is 2.61. The van der Waals surface area contributed by atoms with Crippen molar-refractivity contribution < 1.29 is 0 Å². The zero-order valence-electron chi connectivity index (χ0n) is 55.5. The molecule has 6 heteroatoms. The second-order valence-corrected chi connectivity index (χ2v) is 26.8. The van der Waals surface area contributed by atoms with E-state index in [0.29, 0.717) is 0 Å². The van der Waals surface area contributed by atoms with Crippen LogP contribution in [0.5, 0.6) is 0 Å². The molecule has 452 valence electrons. The fourth-order valence-electron chi connectivity index (χ4n) is 15.6. The summed E-state index contributed by atoms with van der Waals surface area (Å²) in [4.78, 5) is 9.98. The summed E-state index contributed by atoms with van der Waals surface area (Å²) in [5.41, 5.74) is 37.3. The average molecular weight is 1200 g/mol. The Morgan fingerprint density at radius 1 is 0.196 bits per heavy atom. The highest BCUT2D eigenvalue weighted by Crippen LogP contribution is 2.53. The van der Waals surface area contributed by atoms with Gasteiger partial charge in [-0.15, -0.1) is 0 Å². The minimum atomic E-state index is 1.09. The Morgan fingerprint density at radius 2 is 0.435 bits per heavy atom. The summed E-state index contributed by atoms with van der Waals surface area (Å²) in [6.45, 7) is 31.0. The molecule has 0 atom stereocenters. The van der Waals surface area contributed by atoms with Crippen molar-refractivity contribution in [2.24, 2.45) is 0 Å². The highest BCUT2D eigenvalue weighted by atomic mass is 15.2. The topological polar surface area (TPSA) is 21.8 Å². The van der Waals surface area contributed by atoms with Crippen LogP contribution in [0.4, 0.5) is 68.2 Å². The van der Waals surface area contributed by atoms with Gasteiger partial charge >= 0.3 is 0 Å². The van der Waals surface area contributed by atoms with Crippen LogP contribution in [0.25, 0.3) is 54.6 Å². The summed E-state index contributed by atoms with van der Waals surface area (Å²) in [5.74, 6) is 0. The van der Waals surface area contributed by atoms with Crippen LogP contribution in [0.1, 0.15) is 77.9 Å². The lowest BCUT2D eigenvalue weighted by Gasteiger charge is -2.29. The van der Waals surface area contributed by atoms with E-state index in [1.165, 1.54) is 94.0 Å². The molecule has 3 heterocycles.